The molecular weight excluding hydrogens is 340 g/mol. The van der Waals surface area contributed by atoms with E-state index in [1.54, 1.807) is 12.1 Å². The summed E-state index contributed by atoms with van der Waals surface area (Å²) < 4.78 is 10.4. The smallest absolute Gasteiger partial charge is 0.407 e. The van der Waals surface area contributed by atoms with Crippen LogP contribution >= 0.6 is 0 Å². The second-order valence-corrected chi connectivity index (χ2v) is 6.51. The first-order valence-corrected chi connectivity index (χ1v) is 8.53. The van der Waals surface area contributed by atoms with Crippen LogP contribution in [0.4, 0.5) is 4.79 Å². The maximum Gasteiger partial charge on any atom is 0.407 e. The molecule has 2 rings (SSSR count). The number of likely N-dealkylation sites (tertiary alicyclic amines) is 1. The highest BCUT2D eigenvalue weighted by molar-refractivity contribution is 5.95. The number of carboxylic acid groups (broad SMARTS) is 1. The number of nitrogens with one attached hydrogen (secondary N) is 1. The molecule has 2 atom stereocenters. The fraction of sp³-hybridized carbons (Fsp3) is 0.556. The van der Waals surface area contributed by atoms with Gasteiger partial charge in [-0.15, -0.1) is 0 Å². The summed E-state index contributed by atoms with van der Waals surface area (Å²) in [5.41, 5.74) is 2.02. The lowest BCUT2D eigenvalue weighted by Gasteiger charge is -2.25. The van der Waals surface area contributed by atoms with E-state index < -0.39 is 18.2 Å². The number of hydrogen-bond donors (Lipinski definition) is 3. The molecule has 144 valence electrons. The van der Waals surface area contributed by atoms with Gasteiger partial charge in [-0.05, 0) is 49.9 Å². The molecule has 0 spiro atoms. The average Bonchev–Trinajstić information content (AvgIpc) is 2.76. The van der Waals surface area contributed by atoms with Gasteiger partial charge >= 0.3 is 6.09 Å². The van der Waals surface area contributed by atoms with Gasteiger partial charge in [0, 0.05) is 25.8 Å². The van der Waals surface area contributed by atoms with E-state index in [2.05, 4.69) is 5.32 Å². The minimum Gasteiger partial charge on any atom is -0.467 e. The van der Waals surface area contributed by atoms with Crippen molar-refractivity contribution in [3.63, 3.8) is 0 Å². The van der Waals surface area contributed by atoms with Crippen LogP contribution in [-0.4, -0.2) is 66.3 Å². The van der Waals surface area contributed by atoms with Gasteiger partial charge in [0.15, 0.2) is 6.79 Å². The predicted molar refractivity (Wildman–Crippen MR) is 94.5 cm³/mol. The SMILES string of the molecule is COCOc1c(C)cc(C(=O)N[C@@H]2CN(C(=O)O)CCC[C@H]2O)cc1C. The fourth-order valence-electron chi connectivity index (χ4n) is 3.14. The molecular formula is C18H26N2O6. The number of aliphatic hydroxyl groups is 1. The van der Waals surface area contributed by atoms with Crippen LogP contribution in [0.2, 0.25) is 0 Å². The molecule has 3 N–H and O–H groups in total. The first-order chi connectivity index (χ1) is 12.3. The molecule has 1 saturated heterocycles. The van der Waals surface area contributed by atoms with Crippen LogP contribution < -0.4 is 10.1 Å². The summed E-state index contributed by atoms with van der Waals surface area (Å²) in [7, 11) is 1.53. The number of carbonyl (C=O) groups excluding carboxylic acids is 1. The molecule has 1 aliphatic rings. The Kier molecular flexibility index (Phi) is 6.82. The number of rotatable bonds is 5. The number of amides is 2. The number of nitrogens with zero attached hydrogens (tertiary/aromatic N) is 1. The number of methoxy groups -OCH3 is 1. The Hall–Kier alpha value is -2.32. The summed E-state index contributed by atoms with van der Waals surface area (Å²) in [6.07, 6.45) is -0.834. The third-order valence-corrected chi connectivity index (χ3v) is 4.44. The zero-order valence-corrected chi connectivity index (χ0v) is 15.3. The first-order valence-electron chi connectivity index (χ1n) is 8.53. The van der Waals surface area contributed by atoms with Crippen LogP contribution in [0.1, 0.15) is 34.3 Å². The van der Waals surface area contributed by atoms with E-state index in [4.69, 9.17) is 9.47 Å². The molecule has 8 heteroatoms. The van der Waals surface area contributed by atoms with E-state index in [0.29, 0.717) is 30.7 Å². The van der Waals surface area contributed by atoms with Crippen molar-refractivity contribution in [2.75, 3.05) is 27.0 Å². The monoisotopic (exact) mass is 366 g/mol. The lowest BCUT2D eigenvalue weighted by atomic mass is 10.0. The summed E-state index contributed by atoms with van der Waals surface area (Å²) in [6.45, 7) is 4.20. The highest BCUT2D eigenvalue weighted by Gasteiger charge is 2.29. The Morgan fingerprint density at radius 1 is 1.31 bits per heavy atom. The summed E-state index contributed by atoms with van der Waals surface area (Å²) in [5.74, 6) is 0.306. The fourth-order valence-corrected chi connectivity index (χ4v) is 3.14. The summed E-state index contributed by atoms with van der Waals surface area (Å²) in [5, 5.41) is 22.2. The lowest BCUT2D eigenvalue weighted by Crippen LogP contribution is -2.49. The molecule has 0 saturated carbocycles. The number of carbonyl (C=O) groups is 2. The van der Waals surface area contributed by atoms with E-state index >= 15 is 0 Å². The molecule has 1 fully saturated rings. The molecule has 0 aliphatic carbocycles. The standard InChI is InChI=1S/C18H26N2O6/c1-11-7-13(8-12(2)16(11)26-10-25-3)17(22)19-14-9-20(18(23)24)6-4-5-15(14)21/h7-8,14-15,21H,4-6,9-10H2,1-3H3,(H,19,22)(H,23,24)/t14-,15-/m1/s1. The van der Waals surface area contributed by atoms with E-state index in [9.17, 15) is 19.8 Å². The van der Waals surface area contributed by atoms with Crippen molar-refractivity contribution >= 4 is 12.0 Å². The Labute approximate surface area is 152 Å². The predicted octanol–water partition coefficient (Wildman–Crippen LogP) is 1.52. The molecule has 26 heavy (non-hydrogen) atoms. The third kappa shape index (κ3) is 4.86. The second kappa shape index (κ2) is 8.86. The van der Waals surface area contributed by atoms with Gasteiger partial charge in [-0.25, -0.2) is 4.79 Å². The van der Waals surface area contributed by atoms with Crippen molar-refractivity contribution in [3.05, 3.63) is 28.8 Å². The second-order valence-electron chi connectivity index (χ2n) is 6.51. The van der Waals surface area contributed by atoms with Crippen LogP contribution in [0, 0.1) is 13.8 Å². The van der Waals surface area contributed by atoms with Crippen LogP contribution in [0.5, 0.6) is 5.75 Å². The van der Waals surface area contributed by atoms with Crippen molar-refractivity contribution in [1.29, 1.82) is 0 Å². The van der Waals surface area contributed by atoms with Crippen LogP contribution in [0.25, 0.3) is 0 Å². The third-order valence-electron chi connectivity index (χ3n) is 4.44. The number of aryl methyl sites for hydroxylation is 2. The molecule has 1 heterocycles. The van der Waals surface area contributed by atoms with E-state index in [1.165, 1.54) is 12.0 Å². The van der Waals surface area contributed by atoms with Crippen molar-refractivity contribution in [2.45, 2.75) is 38.8 Å². The van der Waals surface area contributed by atoms with Gasteiger partial charge in [0.1, 0.15) is 5.75 Å². The van der Waals surface area contributed by atoms with Gasteiger partial charge < -0.3 is 29.9 Å². The molecule has 0 aromatic heterocycles. The van der Waals surface area contributed by atoms with Gasteiger partial charge in [0.25, 0.3) is 5.91 Å². The number of benzene rings is 1. The van der Waals surface area contributed by atoms with E-state index in [-0.39, 0.29) is 19.2 Å². The highest BCUT2D eigenvalue weighted by Crippen LogP contribution is 2.25. The van der Waals surface area contributed by atoms with E-state index in [0.717, 1.165) is 11.1 Å². The minimum atomic E-state index is -1.05. The van der Waals surface area contributed by atoms with Gasteiger partial charge in [-0.1, -0.05) is 0 Å². The first kappa shape index (κ1) is 20.0. The average molecular weight is 366 g/mol. The van der Waals surface area contributed by atoms with Crippen LogP contribution in [-0.2, 0) is 4.74 Å². The Morgan fingerprint density at radius 2 is 1.96 bits per heavy atom. The molecule has 8 nitrogen and oxygen atoms in total. The maximum atomic E-state index is 12.6. The Balaban J connectivity index is 2.14. The molecule has 2 amide bonds. The largest absolute Gasteiger partial charge is 0.467 e. The zero-order chi connectivity index (χ0) is 19.3. The lowest BCUT2D eigenvalue weighted by molar-refractivity contribution is 0.0501. The molecule has 0 bridgehead atoms. The number of ether oxygens (including phenoxy) is 2. The van der Waals surface area contributed by atoms with Crippen molar-refractivity contribution < 1.29 is 29.3 Å². The normalized spacial score (nSPS) is 20.4. The number of aliphatic hydroxyl groups excluding tert-OH is 1. The van der Waals surface area contributed by atoms with Crippen molar-refractivity contribution in [3.8, 4) is 5.75 Å². The summed E-state index contributed by atoms with van der Waals surface area (Å²) in [4.78, 5) is 25.1. The van der Waals surface area contributed by atoms with Gasteiger partial charge in [0.05, 0.1) is 12.1 Å². The Bertz CT molecular complexity index is 640. The van der Waals surface area contributed by atoms with Crippen molar-refractivity contribution in [1.82, 2.24) is 10.2 Å². The minimum absolute atomic E-state index is 0.0647. The van der Waals surface area contributed by atoms with Gasteiger partial charge in [-0.2, -0.15) is 0 Å². The summed E-state index contributed by atoms with van der Waals surface area (Å²) >= 11 is 0. The summed E-state index contributed by atoms with van der Waals surface area (Å²) in [6, 6.07) is 2.75. The maximum absolute atomic E-state index is 12.6. The van der Waals surface area contributed by atoms with Gasteiger partial charge in [0.2, 0.25) is 0 Å². The quantitative estimate of drug-likeness (QED) is 0.682. The van der Waals surface area contributed by atoms with E-state index in [1.807, 2.05) is 13.8 Å². The Morgan fingerprint density at radius 3 is 2.54 bits per heavy atom. The molecule has 0 radical (unpaired) electrons. The number of hydrogen-bond acceptors (Lipinski definition) is 5. The zero-order valence-electron chi connectivity index (χ0n) is 15.3. The molecule has 1 aromatic carbocycles. The van der Waals surface area contributed by atoms with Crippen LogP contribution in [0.15, 0.2) is 12.1 Å². The molecule has 1 aliphatic heterocycles. The highest BCUT2D eigenvalue weighted by atomic mass is 16.7. The van der Waals surface area contributed by atoms with Gasteiger partial charge in [-0.3, -0.25) is 4.79 Å². The molecule has 1 aromatic rings. The van der Waals surface area contributed by atoms with Crippen LogP contribution in [0.3, 0.4) is 0 Å². The topological polar surface area (TPSA) is 108 Å². The molecule has 0 unspecified atom stereocenters. The van der Waals surface area contributed by atoms with Crippen molar-refractivity contribution in [2.24, 2.45) is 0 Å².